The van der Waals surface area contributed by atoms with Crippen LogP contribution in [0.1, 0.15) is 21.5 Å². The van der Waals surface area contributed by atoms with E-state index in [9.17, 15) is 19.7 Å². The van der Waals surface area contributed by atoms with Gasteiger partial charge in [-0.3, -0.25) is 14.9 Å². The zero-order chi connectivity index (χ0) is 17.1. The highest BCUT2D eigenvalue weighted by Crippen LogP contribution is 2.33. The first-order valence-corrected chi connectivity index (χ1v) is 6.92. The zero-order valence-corrected chi connectivity index (χ0v) is 12.3. The smallest absolute Gasteiger partial charge is 0.344 e. The lowest BCUT2D eigenvalue weighted by Gasteiger charge is -2.20. The molecule has 9 heteroatoms. The summed E-state index contributed by atoms with van der Waals surface area (Å²) in [6, 6.07) is 5.44. The fraction of sp³-hybridized carbons (Fsp3) is 0.200. The molecule has 0 saturated heterocycles. The summed E-state index contributed by atoms with van der Waals surface area (Å²) < 4.78 is 15.5. The van der Waals surface area contributed by atoms with E-state index in [1.165, 1.54) is 30.5 Å². The van der Waals surface area contributed by atoms with E-state index < -0.39 is 16.5 Å². The summed E-state index contributed by atoms with van der Waals surface area (Å²) >= 11 is 0. The number of carbonyl (C=O) groups is 1. The van der Waals surface area contributed by atoms with Crippen LogP contribution in [0.15, 0.2) is 35.3 Å². The monoisotopic (exact) mass is 332 g/mol. The Balaban J connectivity index is 1.85. The molecule has 0 spiro atoms. The molecule has 0 amide bonds. The first-order chi connectivity index (χ1) is 11.6. The van der Waals surface area contributed by atoms with Crippen molar-refractivity contribution in [3.8, 4) is 5.75 Å². The van der Waals surface area contributed by atoms with Crippen LogP contribution >= 0.6 is 0 Å². The van der Waals surface area contributed by atoms with Gasteiger partial charge < -0.3 is 19.2 Å². The molecular formula is C15H12N2O7. The summed E-state index contributed by atoms with van der Waals surface area (Å²) in [6.07, 6.45) is 1.39. The van der Waals surface area contributed by atoms with Gasteiger partial charge in [0.2, 0.25) is 0 Å². The van der Waals surface area contributed by atoms with Crippen molar-refractivity contribution in [2.45, 2.75) is 13.2 Å². The Bertz CT molecular complexity index is 859. The number of nitro benzene ring substituents is 1. The summed E-state index contributed by atoms with van der Waals surface area (Å²) in [5.74, 6) is -0.439. The number of aromatic amines is 1. The van der Waals surface area contributed by atoms with Crippen molar-refractivity contribution in [2.75, 3.05) is 6.79 Å². The summed E-state index contributed by atoms with van der Waals surface area (Å²) in [5.41, 5.74) is -0.0528. The number of hydrogen-bond acceptors (Lipinski definition) is 7. The number of nitrogens with one attached hydrogen (secondary N) is 1. The number of nitrogens with zero attached hydrogens (tertiary/aromatic N) is 1. The van der Waals surface area contributed by atoms with E-state index in [1.807, 2.05) is 0 Å². The van der Waals surface area contributed by atoms with Crippen LogP contribution in [0.4, 0.5) is 5.69 Å². The van der Waals surface area contributed by atoms with Gasteiger partial charge in [-0.2, -0.15) is 0 Å². The molecule has 1 aliphatic heterocycles. The molecule has 0 bridgehead atoms. The predicted molar refractivity (Wildman–Crippen MR) is 79.6 cm³/mol. The van der Waals surface area contributed by atoms with Crippen LogP contribution in [-0.2, 0) is 22.7 Å². The first-order valence-electron chi connectivity index (χ1n) is 6.92. The fourth-order valence-corrected chi connectivity index (χ4v) is 2.30. The van der Waals surface area contributed by atoms with Gasteiger partial charge in [0.15, 0.2) is 6.79 Å². The molecule has 0 saturated carbocycles. The van der Waals surface area contributed by atoms with Gasteiger partial charge in [0.1, 0.15) is 17.9 Å². The number of rotatable bonds is 4. The van der Waals surface area contributed by atoms with Crippen LogP contribution < -0.4 is 10.3 Å². The molecule has 1 aromatic heterocycles. The number of non-ortho nitro benzene ring substituents is 1. The molecule has 1 N–H and O–H groups in total. The number of aromatic nitrogens is 1. The van der Waals surface area contributed by atoms with E-state index in [0.717, 1.165) is 0 Å². The molecule has 0 atom stereocenters. The normalized spacial score (nSPS) is 12.8. The van der Waals surface area contributed by atoms with Gasteiger partial charge in [0.25, 0.3) is 11.2 Å². The summed E-state index contributed by atoms with van der Waals surface area (Å²) in [7, 11) is 0. The largest absolute Gasteiger partial charge is 0.467 e. The van der Waals surface area contributed by atoms with Crippen molar-refractivity contribution in [3.63, 3.8) is 0 Å². The van der Waals surface area contributed by atoms with Gasteiger partial charge in [-0.05, 0) is 12.1 Å². The Morgan fingerprint density at radius 3 is 3.00 bits per heavy atom. The molecule has 9 nitrogen and oxygen atoms in total. The molecule has 2 heterocycles. The Morgan fingerprint density at radius 2 is 2.25 bits per heavy atom. The highest BCUT2D eigenvalue weighted by molar-refractivity contribution is 5.88. The number of benzene rings is 1. The van der Waals surface area contributed by atoms with Crippen molar-refractivity contribution in [1.82, 2.24) is 4.98 Å². The van der Waals surface area contributed by atoms with Crippen LogP contribution in [0.3, 0.4) is 0 Å². The summed E-state index contributed by atoms with van der Waals surface area (Å²) in [5, 5.41) is 11.0. The lowest BCUT2D eigenvalue weighted by atomic mass is 10.1. The second kappa shape index (κ2) is 6.50. The van der Waals surface area contributed by atoms with Gasteiger partial charge >= 0.3 is 5.97 Å². The molecule has 0 unspecified atom stereocenters. The summed E-state index contributed by atoms with van der Waals surface area (Å²) in [4.78, 5) is 36.4. The molecule has 0 aliphatic carbocycles. The molecule has 124 valence electrons. The maximum atomic E-state index is 12.0. The minimum Gasteiger partial charge on any atom is -0.467 e. The van der Waals surface area contributed by atoms with Crippen LogP contribution in [0.25, 0.3) is 0 Å². The third-order valence-electron chi connectivity index (χ3n) is 3.38. The fourth-order valence-electron chi connectivity index (χ4n) is 2.30. The maximum absolute atomic E-state index is 12.0. The number of fused-ring (bicyclic) bond motifs is 1. The minimum atomic E-state index is -0.829. The second-order valence-electron chi connectivity index (χ2n) is 4.95. The van der Waals surface area contributed by atoms with Crippen molar-refractivity contribution in [3.05, 3.63) is 67.6 Å². The lowest BCUT2D eigenvalue weighted by Crippen LogP contribution is -2.19. The topological polar surface area (TPSA) is 121 Å². The van der Waals surface area contributed by atoms with E-state index in [0.29, 0.717) is 16.9 Å². The van der Waals surface area contributed by atoms with Gasteiger partial charge in [0.05, 0.1) is 11.5 Å². The maximum Gasteiger partial charge on any atom is 0.344 e. The van der Waals surface area contributed by atoms with Crippen molar-refractivity contribution >= 4 is 11.7 Å². The first kappa shape index (κ1) is 15.7. The number of carbonyl (C=O) groups excluding carboxylic acids is 1. The van der Waals surface area contributed by atoms with Gasteiger partial charge in [0, 0.05) is 29.5 Å². The summed E-state index contributed by atoms with van der Waals surface area (Å²) in [6.45, 7) is -0.0996. The minimum absolute atomic E-state index is 0.00408. The third-order valence-corrected chi connectivity index (χ3v) is 3.38. The lowest BCUT2D eigenvalue weighted by molar-refractivity contribution is -0.385. The molecular weight excluding hydrogens is 320 g/mol. The van der Waals surface area contributed by atoms with Gasteiger partial charge in [-0.15, -0.1) is 0 Å². The zero-order valence-electron chi connectivity index (χ0n) is 12.3. The predicted octanol–water partition coefficient (Wildman–Crippen LogP) is 1.51. The highest BCUT2D eigenvalue weighted by atomic mass is 16.7. The Labute approximate surface area is 134 Å². The third kappa shape index (κ3) is 3.10. The van der Waals surface area contributed by atoms with E-state index in [-0.39, 0.29) is 31.3 Å². The Morgan fingerprint density at radius 1 is 1.42 bits per heavy atom. The molecule has 1 aliphatic rings. The SMILES string of the molecule is O=C(OCc1cc([N+](=O)[O-])cc2c1OCOC2)c1ccc[nH]c1=O. The Kier molecular flexibility index (Phi) is 4.25. The van der Waals surface area contributed by atoms with Gasteiger partial charge in [-0.1, -0.05) is 0 Å². The van der Waals surface area contributed by atoms with Crippen LogP contribution in [0.2, 0.25) is 0 Å². The number of esters is 1. The van der Waals surface area contributed by atoms with E-state index >= 15 is 0 Å². The molecule has 24 heavy (non-hydrogen) atoms. The molecule has 1 aromatic carbocycles. The van der Waals surface area contributed by atoms with Crippen LogP contribution in [0, 0.1) is 10.1 Å². The van der Waals surface area contributed by atoms with Gasteiger partial charge in [-0.25, -0.2) is 4.79 Å². The van der Waals surface area contributed by atoms with E-state index in [1.54, 1.807) is 0 Å². The number of hydrogen-bond donors (Lipinski definition) is 1. The van der Waals surface area contributed by atoms with E-state index in [4.69, 9.17) is 14.2 Å². The van der Waals surface area contributed by atoms with Crippen molar-refractivity contribution in [2.24, 2.45) is 0 Å². The van der Waals surface area contributed by atoms with Crippen LogP contribution in [0.5, 0.6) is 5.75 Å². The van der Waals surface area contributed by atoms with Crippen molar-refractivity contribution in [1.29, 1.82) is 0 Å². The number of nitro groups is 1. The molecule has 0 fully saturated rings. The second-order valence-corrected chi connectivity index (χ2v) is 4.95. The molecule has 3 rings (SSSR count). The van der Waals surface area contributed by atoms with Crippen LogP contribution in [-0.4, -0.2) is 22.7 Å². The number of ether oxygens (including phenoxy) is 3. The molecule has 0 radical (unpaired) electrons. The number of H-pyrrole nitrogens is 1. The average molecular weight is 332 g/mol. The van der Waals surface area contributed by atoms with E-state index in [2.05, 4.69) is 4.98 Å². The Hall–Kier alpha value is -3.20. The highest BCUT2D eigenvalue weighted by Gasteiger charge is 2.22. The average Bonchev–Trinajstić information content (AvgIpc) is 2.59. The number of pyridine rings is 1. The quantitative estimate of drug-likeness (QED) is 0.511. The van der Waals surface area contributed by atoms with Crippen molar-refractivity contribution < 1.29 is 23.9 Å². The standard InChI is InChI=1S/C15H12N2O7/c18-14-12(2-1-3-16-14)15(19)23-7-10-5-11(17(20)21)4-9-6-22-8-24-13(9)10/h1-5H,6-8H2,(H,16,18). The molecule has 2 aromatic rings.